The molecule has 4 aromatic rings. The van der Waals surface area contributed by atoms with E-state index in [4.69, 9.17) is 0 Å². The second kappa shape index (κ2) is 8.45. The molecule has 168 valence electrons. The van der Waals surface area contributed by atoms with Gasteiger partial charge in [-0.25, -0.2) is 9.37 Å². The Labute approximate surface area is 183 Å². The molecule has 33 heavy (non-hydrogen) atoms. The number of nitrogens with zero attached hydrogens (tertiary/aromatic N) is 2. The van der Waals surface area contributed by atoms with Gasteiger partial charge in [-0.1, -0.05) is 18.2 Å². The van der Waals surface area contributed by atoms with Gasteiger partial charge in [0.25, 0.3) is 5.56 Å². The van der Waals surface area contributed by atoms with E-state index < -0.39 is 47.0 Å². The third-order valence-corrected chi connectivity index (χ3v) is 4.95. The van der Waals surface area contributed by atoms with Crippen molar-refractivity contribution >= 4 is 22.4 Å². The summed E-state index contributed by atoms with van der Waals surface area (Å²) >= 11 is 0. The summed E-state index contributed by atoms with van der Waals surface area (Å²) in [7, 11) is 0. The lowest BCUT2D eigenvalue weighted by atomic mass is 10.1. The van der Waals surface area contributed by atoms with Crippen molar-refractivity contribution in [2.45, 2.75) is 12.6 Å². The molecule has 0 aliphatic heterocycles. The van der Waals surface area contributed by atoms with E-state index in [9.17, 15) is 31.5 Å². The molecular formula is C23H14F5N3O2. The van der Waals surface area contributed by atoms with E-state index >= 15 is 0 Å². The van der Waals surface area contributed by atoms with E-state index in [1.165, 1.54) is 48.8 Å². The number of fused-ring (bicyclic) bond motifs is 1. The van der Waals surface area contributed by atoms with E-state index in [0.717, 1.165) is 16.7 Å². The molecule has 2 heterocycles. The Kier molecular flexibility index (Phi) is 5.67. The second-order valence-electron chi connectivity index (χ2n) is 7.07. The summed E-state index contributed by atoms with van der Waals surface area (Å²) < 4.78 is 68.0. The first-order chi connectivity index (χ1) is 15.7. The van der Waals surface area contributed by atoms with Gasteiger partial charge in [-0.2, -0.15) is 17.6 Å². The molecule has 0 saturated heterocycles. The van der Waals surface area contributed by atoms with Gasteiger partial charge >= 0.3 is 6.18 Å². The molecule has 0 aliphatic rings. The SMILES string of the molecule is O=C(Cc1cccc(C(F)(F)F)c1F)Nc1cccc2c(=O)n(-c3cccnc3F)ccc12. The molecule has 2 aromatic carbocycles. The maximum absolute atomic E-state index is 14.2. The quantitative estimate of drug-likeness (QED) is 0.350. The highest BCUT2D eigenvalue weighted by molar-refractivity contribution is 6.02. The lowest BCUT2D eigenvalue weighted by Crippen LogP contribution is -2.20. The van der Waals surface area contributed by atoms with Crippen LogP contribution in [0.15, 0.2) is 71.8 Å². The molecule has 0 unspecified atom stereocenters. The van der Waals surface area contributed by atoms with E-state index in [-0.39, 0.29) is 16.8 Å². The van der Waals surface area contributed by atoms with Crippen LogP contribution in [0.4, 0.5) is 27.6 Å². The summed E-state index contributed by atoms with van der Waals surface area (Å²) in [4.78, 5) is 28.9. The number of carbonyl (C=O) groups is 1. The van der Waals surface area contributed by atoms with E-state index in [2.05, 4.69) is 10.3 Å². The molecule has 5 nitrogen and oxygen atoms in total. The van der Waals surface area contributed by atoms with Crippen LogP contribution in [0, 0.1) is 11.8 Å². The fraction of sp³-hybridized carbons (Fsp3) is 0.0870. The van der Waals surface area contributed by atoms with Crippen LogP contribution in [-0.2, 0) is 17.4 Å². The third kappa shape index (κ3) is 4.32. The van der Waals surface area contributed by atoms with Gasteiger partial charge < -0.3 is 5.32 Å². The van der Waals surface area contributed by atoms with Gasteiger partial charge in [-0.05, 0) is 42.0 Å². The fourth-order valence-electron chi connectivity index (χ4n) is 3.44. The van der Waals surface area contributed by atoms with Crippen molar-refractivity contribution in [3.8, 4) is 5.69 Å². The summed E-state index contributed by atoms with van der Waals surface area (Å²) in [5, 5.41) is 2.97. The summed E-state index contributed by atoms with van der Waals surface area (Å²) in [6.07, 6.45) is -2.98. The van der Waals surface area contributed by atoms with Crippen LogP contribution in [0.1, 0.15) is 11.1 Å². The Morgan fingerprint density at radius 2 is 1.73 bits per heavy atom. The number of aromatic nitrogens is 2. The van der Waals surface area contributed by atoms with Gasteiger partial charge in [-0.15, -0.1) is 0 Å². The zero-order chi connectivity index (χ0) is 23.8. The number of pyridine rings is 2. The minimum Gasteiger partial charge on any atom is -0.325 e. The van der Waals surface area contributed by atoms with Crippen LogP contribution in [0.5, 0.6) is 0 Å². The first kappa shape index (κ1) is 22.1. The predicted molar refractivity (Wildman–Crippen MR) is 111 cm³/mol. The van der Waals surface area contributed by atoms with Crippen LogP contribution in [0.25, 0.3) is 16.5 Å². The minimum atomic E-state index is -4.89. The van der Waals surface area contributed by atoms with E-state index in [1.807, 2.05) is 0 Å². The highest BCUT2D eigenvalue weighted by Gasteiger charge is 2.35. The molecule has 0 radical (unpaired) electrons. The van der Waals surface area contributed by atoms with Crippen molar-refractivity contribution < 1.29 is 26.7 Å². The molecule has 0 saturated carbocycles. The number of anilines is 1. The molecule has 4 rings (SSSR count). The average molecular weight is 459 g/mol. The van der Waals surface area contributed by atoms with Crippen molar-refractivity contribution in [3.05, 3.63) is 100 Å². The zero-order valence-electron chi connectivity index (χ0n) is 16.7. The first-order valence-corrected chi connectivity index (χ1v) is 9.56. The van der Waals surface area contributed by atoms with Gasteiger partial charge in [0.2, 0.25) is 11.9 Å². The molecule has 1 N–H and O–H groups in total. The van der Waals surface area contributed by atoms with Gasteiger partial charge in [-0.3, -0.25) is 14.2 Å². The molecule has 0 spiro atoms. The molecule has 0 bridgehead atoms. The standard InChI is InChI=1S/C23H14F5N3O2/c24-20-13(4-1-6-16(20)23(26,27)28)12-19(32)30-17-7-2-5-15-14(17)9-11-31(22(15)33)18-8-3-10-29-21(18)25/h1-11H,12H2,(H,30,32). The number of amides is 1. The van der Waals surface area contributed by atoms with Crippen LogP contribution in [-0.4, -0.2) is 15.5 Å². The Morgan fingerprint density at radius 1 is 0.970 bits per heavy atom. The number of nitrogens with one attached hydrogen (secondary N) is 1. The number of hydrogen-bond acceptors (Lipinski definition) is 3. The number of hydrogen-bond donors (Lipinski definition) is 1. The molecular weight excluding hydrogens is 445 g/mol. The summed E-state index contributed by atoms with van der Waals surface area (Å²) in [6, 6.07) is 11.5. The number of halogens is 5. The van der Waals surface area contributed by atoms with E-state index in [0.29, 0.717) is 11.5 Å². The predicted octanol–water partition coefficient (Wildman–Crippen LogP) is 4.86. The largest absolute Gasteiger partial charge is 0.419 e. The molecule has 0 aliphatic carbocycles. The monoisotopic (exact) mass is 459 g/mol. The molecule has 0 fully saturated rings. The van der Waals surface area contributed by atoms with Crippen LogP contribution >= 0.6 is 0 Å². The number of carbonyl (C=O) groups excluding carboxylic acids is 1. The van der Waals surface area contributed by atoms with Crippen LogP contribution in [0.2, 0.25) is 0 Å². The summed E-state index contributed by atoms with van der Waals surface area (Å²) in [5.74, 6) is -3.13. The summed E-state index contributed by atoms with van der Waals surface area (Å²) in [5.41, 5.74) is -2.31. The minimum absolute atomic E-state index is 0.0566. The lowest BCUT2D eigenvalue weighted by molar-refractivity contribution is -0.140. The van der Waals surface area contributed by atoms with Crippen molar-refractivity contribution in [3.63, 3.8) is 0 Å². The number of rotatable bonds is 4. The first-order valence-electron chi connectivity index (χ1n) is 9.56. The molecule has 0 atom stereocenters. The van der Waals surface area contributed by atoms with Crippen LogP contribution < -0.4 is 10.9 Å². The lowest BCUT2D eigenvalue weighted by Gasteiger charge is -2.13. The van der Waals surface area contributed by atoms with Gasteiger partial charge in [0.05, 0.1) is 12.0 Å². The summed E-state index contributed by atoms with van der Waals surface area (Å²) in [6.45, 7) is 0. The topological polar surface area (TPSA) is 64.0 Å². The average Bonchev–Trinajstić information content (AvgIpc) is 2.76. The third-order valence-electron chi connectivity index (χ3n) is 4.95. The van der Waals surface area contributed by atoms with Gasteiger partial charge in [0.1, 0.15) is 11.5 Å². The number of benzene rings is 2. The van der Waals surface area contributed by atoms with E-state index in [1.54, 1.807) is 0 Å². The Morgan fingerprint density at radius 3 is 2.45 bits per heavy atom. The fourth-order valence-corrected chi connectivity index (χ4v) is 3.44. The smallest absolute Gasteiger partial charge is 0.325 e. The Hall–Kier alpha value is -4.08. The maximum atomic E-state index is 14.2. The Balaban J connectivity index is 1.65. The normalized spacial score (nSPS) is 11.5. The van der Waals surface area contributed by atoms with Crippen molar-refractivity contribution in [2.75, 3.05) is 5.32 Å². The zero-order valence-corrected chi connectivity index (χ0v) is 16.7. The van der Waals surface area contributed by atoms with Gasteiger partial charge in [0, 0.05) is 28.9 Å². The Bertz CT molecular complexity index is 1430. The number of alkyl halides is 3. The maximum Gasteiger partial charge on any atom is 0.419 e. The van der Waals surface area contributed by atoms with Crippen molar-refractivity contribution in [1.82, 2.24) is 9.55 Å². The molecule has 1 amide bonds. The molecule has 10 heteroatoms. The highest BCUT2D eigenvalue weighted by Crippen LogP contribution is 2.32. The second-order valence-corrected chi connectivity index (χ2v) is 7.07. The van der Waals surface area contributed by atoms with Crippen molar-refractivity contribution in [1.29, 1.82) is 0 Å². The van der Waals surface area contributed by atoms with Gasteiger partial charge in [0.15, 0.2) is 0 Å². The van der Waals surface area contributed by atoms with Crippen LogP contribution in [0.3, 0.4) is 0 Å². The highest BCUT2D eigenvalue weighted by atomic mass is 19.4. The van der Waals surface area contributed by atoms with Crippen molar-refractivity contribution in [2.24, 2.45) is 0 Å². The molecule has 2 aromatic heterocycles.